The Balaban J connectivity index is 2.48. The molecule has 1 rings (SSSR count). The maximum atomic E-state index is 11.5. The van der Waals surface area contributed by atoms with Gasteiger partial charge in [0.2, 0.25) is 0 Å². The Morgan fingerprint density at radius 3 is 2.20 bits per heavy atom. The number of hydrogen-bond acceptors (Lipinski definition) is 7. The topological polar surface area (TPSA) is 116 Å². The molecule has 1 unspecified atom stereocenters. The van der Waals surface area contributed by atoms with E-state index in [1.807, 2.05) is 0 Å². The highest BCUT2D eigenvalue weighted by atomic mass is 16.7. The number of ether oxygens (including phenoxy) is 1. The van der Waals surface area contributed by atoms with Crippen LogP contribution in [0.4, 0.5) is 0 Å². The molecule has 1 atom stereocenters. The van der Waals surface area contributed by atoms with E-state index in [-0.39, 0.29) is 0 Å². The maximum Gasteiger partial charge on any atom is 0.335 e. The van der Waals surface area contributed by atoms with E-state index in [0.717, 1.165) is 12.2 Å². The first-order chi connectivity index (χ1) is 9.10. The smallest absolute Gasteiger partial charge is 0.335 e. The zero-order valence-electron chi connectivity index (χ0n) is 11.4. The molecule has 0 saturated heterocycles. The minimum Gasteiger partial charge on any atom is -0.459 e. The van der Waals surface area contributed by atoms with Gasteiger partial charge in [0, 0.05) is 12.2 Å². The summed E-state index contributed by atoms with van der Waals surface area (Å²) in [6, 6.07) is -1.23. The number of nitrogens with two attached hydrogens (primary N) is 1. The van der Waals surface area contributed by atoms with Crippen molar-refractivity contribution < 1.29 is 28.8 Å². The van der Waals surface area contributed by atoms with Crippen LogP contribution in [-0.2, 0) is 28.8 Å². The van der Waals surface area contributed by atoms with Crippen molar-refractivity contribution in [3.8, 4) is 0 Å². The maximum absolute atomic E-state index is 11.5. The largest absolute Gasteiger partial charge is 0.459 e. The van der Waals surface area contributed by atoms with Crippen molar-refractivity contribution >= 4 is 23.8 Å². The lowest BCUT2D eigenvalue weighted by Gasteiger charge is -2.22. The van der Waals surface area contributed by atoms with Gasteiger partial charge in [-0.2, -0.15) is 0 Å². The minimum absolute atomic E-state index is 0.296. The Hall–Kier alpha value is -2.22. The van der Waals surface area contributed by atoms with Crippen LogP contribution in [0.25, 0.3) is 0 Å². The molecular formula is C12H16N2O6. The third-order valence-corrected chi connectivity index (χ3v) is 2.06. The van der Waals surface area contributed by atoms with Gasteiger partial charge < -0.3 is 15.3 Å². The molecule has 0 fully saturated rings. The monoisotopic (exact) mass is 284 g/mol. The molecule has 8 heteroatoms. The second-order valence-electron chi connectivity index (χ2n) is 5.11. The van der Waals surface area contributed by atoms with E-state index in [1.54, 1.807) is 20.8 Å². The minimum atomic E-state index is -1.23. The molecule has 0 aliphatic carbocycles. The van der Waals surface area contributed by atoms with Crippen LogP contribution in [0, 0.1) is 0 Å². The molecule has 1 aliphatic heterocycles. The molecule has 20 heavy (non-hydrogen) atoms. The van der Waals surface area contributed by atoms with Crippen LogP contribution in [0.1, 0.15) is 27.2 Å². The van der Waals surface area contributed by atoms with Gasteiger partial charge in [0.15, 0.2) is 0 Å². The molecule has 0 aromatic heterocycles. The average molecular weight is 284 g/mol. The predicted octanol–water partition coefficient (Wildman–Crippen LogP) is -0.571. The van der Waals surface area contributed by atoms with E-state index in [1.165, 1.54) is 0 Å². The Labute approximate surface area is 115 Å². The fourth-order valence-electron chi connectivity index (χ4n) is 1.26. The summed E-state index contributed by atoms with van der Waals surface area (Å²) in [6.45, 7) is 4.97. The van der Waals surface area contributed by atoms with Gasteiger partial charge in [-0.1, -0.05) is 5.06 Å². The fraction of sp³-hybridized carbons (Fsp3) is 0.500. The third kappa shape index (κ3) is 4.47. The van der Waals surface area contributed by atoms with Gasteiger partial charge >= 0.3 is 11.9 Å². The van der Waals surface area contributed by atoms with Gasteiger partial charge in [-0.05, 0) is 20.8 Å². The van der Waals surface area contributed by atoms with Crippen molar-refractivity contribution in [2.75, 3.05) is 0 Å². The average Bonchev–Trinajstić information content (AvgIpc) is 2.58. The van der Waals surface area contributed by atoms with E-state index in [9.17, 15) is 19.2 Å². The summed E-state index contributed by atoms with van der Waals surface area (Å²) >= 11 is 0. The molecule has 1 heterocycles. The summed E-state index contributed by atoms with van der Waals surface area (Å²) in [7, 11) is 0. The zero-order chi connectivity index (χ0) is 15.5. The molecule has 2 N–H and O–H groups in total. The van der Waals surface area contributed by atoms with E-state index in [0.29, 0.717) is 5.06 Å². The van der Waals surface area contributed by atoms with Crippen LogP contribution < -0.4 is 5.73 Å². The standard InChI is InChI=1S/C12H16N2O6/c1-12(2,3)19-11(18)7(13)6-10(17)20-14-8(15)4-5-9(14)16/h4-5,7H,6,13H2,1-3H3. The van der Waals surface area contributed by atoms with Crippen molar-refractivity contribution in [3.05, 3.63) is 12.2 Å². The molecule has 0 bridgehead atoms. The number of hydrogen-bond donors (Lipinski definition) is 1. The molecule has 2 amide bonds. The van der Waals surface area contributed by atoms with Crippen molar-refractivity contribution in [1.29, 1.82) is 0 Å². The van der Waals surface area contributed by atoms with E-state index in [2.05, 4.69) is 4.84 Å². The molecular weight excluding hydrogens is 268 g/mol. The van der Waals surface area contributed by atoms with Gasteiger partial charge in [-0.15, -0.1) is 0 Å². The molecule has 0 aromatic rings. The normalized spacial score (nSPS) is 16.3. The van der Waals surface area contributed by atoms with Gasteiger partial charge in [-0.25, -0.2) is 4.79 Å². The number of amides is 2. The summed E-state index contributed by atoms with van der Waals surface area (Å²) in [5.41, 5.74) is 4.76. The number of esters is 1. The lowest BCUT2D eigenvalue weighted by atomic mass is 10.1. The lowest BCUT2D eigenvalue weighted by molar-refractivity contribution is -0.196. The van der Waals surface area contributed by atoms with E-state index >= 15 is 0 Å². The van der Waals surface area contributed by atoms with Crippen LogP contribution in [0.3, 0.4) is 0 Å². The van der Waals surface area contributed by atoms with Crippen molar-refractivity contribution in [2.45, 2.75) is 38.8 Å². The molecule has 1 aliphatic rings. The number of rotatable bonds is 4. The Kier molecular flexibility index (Phi) is 4.61. The first-order valence-corrected chi connectivity index (χ1v) is 5.85. The Morgan fingerprint density at radius 2 is 1.75 bits per heavy atom. The van der Waals surface area contributed by atoms with Crippen molar-refractivity contribution in [1.82, 2.24) is 5.06 Å². The van der Waals surface area contributed by atoms with Crippen LogP contribution in [-0.4, -0.2) is 40.5 Å². The lowest BCUT2D eigenvalue weighted by Crippen LogP contribution is -2.41. The third-order valence-electron chi connectivity index (χ3n) is 2.06. The van der Waals surface area contributed by atoms with Gasteiger partial charge in [0.05, 0.1) is 6.42 Å². The summed E-state index contributed by atoms with van der Waals surface area (Å²) < 4.78 is 4.98. The Morgan fingerprint density at radius 1 is 1.25 bits per heavy atom. The van der Waals surface area contributed by atoms with Gasteiger partial charge in [0.1, 0.15) is 11.6 Å². The number of nitrogens with zero attached hydrogens (tertiary/aromatic N) is 1. The van der Waals surface area contributed by atoms with E-state index < -0.39 is 41.8 Å². The first-order valence-electron chi connectivity index (χ1n) is 5.85. The van der Waals surface area contributed by atoms with Crippen LogP contribution in [0.15, 0.2) is 12.2 Å². The summed E-state index contributed by atoms with van der Waals surface area (Å²) in [6.07, 6.45) is 1.42. The second kappa shape index (κ2) is 5.83. The summed E-state index contributed by atoms with van der Waals surface area (Å²) in [5, 5.41) is 0.296. The molecule has 0 spiro atoms. The zero-order valence-corrected chi connectivity index (χ0v) is 11.4. The van der Waals surface area contributed by atoms with Crippen LogP contribution >= 0.6 is 0 Å². The van der Waals surface area contributed by atoms with E-state index in [4.69, 9.17) is 10.5 Å². The fourth-order valence-corrected chi connectivity index (χ4v) is 1.26. The number of carbonyl (C=O) groups excluding carboxylic acids is 4. The molecule has 0 saturated carbocycles. The van der Waals surface area contributed by atoms with Crippen molar-refractivity contribution in [3.63, 3.8) is 0 Å². The first kappa shape index (κ1) is 15.8. The number of hydroxylamine groups is 2. The number of carbonyl (C=O) groups is 4. The number of imide groups is 1. The quantitative estimate of drug-likeness (QED) is 0.542. The SMILES string of the molecule is CC(C)(C)OC(=O)C(N)CC(=O)ON1C(=O)C=CC1=O. The summed E-state index contributed by atoms with van der Waals surface area (Å²) in [5.74, 6) is -3.29. The molecule has 8 nitrogen and oxygen atoms in total. The summed E-state index contributed by atoms with van der Waals surface area (Å²) in [4.78, 5) is 49.9. The Bertz CT molecular complexity index is 459. The highest BCUT2D eigenvalue weighted by Crippen LogP contribution is 2.10. The molecule has 0 radical (unpaired) electrons. The van der Waals surface area contributed by atoms with Crippen LogP contribution in [0.2, 0.25) is 0 Å². The predicted molar refractivity (Wildman–Crippen MR) is 65.5 cm³/mol. The van der Waals surface area contributed by atoms with Crippen LogP contribution in [0.5, 0.6) is 0 Å². The second-order valence-corrected chi connectivity index (χ2v) is 5.11. The van der Waals surface area contributed by atoms with Gasteiger partial charge in [0.25, 0.3) is 11.8 Å². The highest BCUT2D eigenvalue weighted by Gasteiger charge is 2.30. The van der Waals surface area contributed by atoms with Crippen molar-refractivity contribution in [2.24, 2.45) is 5.73 Å². The molecule has 0 aromatic carbocycles. The van der Waals surface area contributed by atoms with Gasteiger partial charge in [-0.3, -0.25) is 14.4 Å². The highest BCUT2D eigenvalue weighted by molar-refractivity contribution is 6.12. The molecule has 110 valence electrons.